The maximum atomic E-state index is 13.4. The molecule has 0 bridgehead atoms. The van der Waals surface area contributed by atoms with Gasteiger partial charge in [0, 0.05) is 5.56 Å². The maximum Gasteiger partial charge on any atom is 0.217 e. The molecule has 1 aromatic heterocycles. The van der Waals surface area contributed by atoms with Gasteiger partial charge < -0.3 is 4.74 Å². The highest BCUT2D eigenvalue weighted by Crippen LogP contribution is 2.28. The van der Waals surface area contributed by atoms with Crippen molar-refractivity contribution in [2.45, 2.75) is 25.1 Å². The second-order valence-electron chi connectivity index (χ2n) is 3.39. The van der Waals surface area contributed by atoms with Crippen LogP contribution in [0.4, 0.5) is 4.39 Å². The van der Waals surface area contributed by atoms with E-state index in [1.807, 2.05) is 0 Å². The Morgan fingerprint density at radius 3 is 3.14 bits per heavy atom. The number of halogens is 2. The van der Waals surface area contributed by atoms with E-state index >= 15 is 0 Å². The summed E-state index contributed by atoms with van der Waals surface area (Å²) in [6.07, 6.45) is 1.75. The molecule has 1 aliphatic heterocycles. The van der Waals surface area contributed by atoms with Crippen molar-refractivity contribution < 1.29 is 9.13 Å². The highest BCUT2D eigenvalue weighted by Gasteiger charge is 2.18. The molecule has 4 heteroatoms. The molecule has 1 unspecified atom stereocenters. The molecule has 0 saturated carbocycles. The monoisotopic (exact) mass is 215 g/mol. The number of aromatic nitrogens is 1. The average Bonchev–Trinajstić information content (AvgIpc) is 2.16. The van der Waals surface area contributed by atoms with Gasteiger partial charge in [0.1, 0.15) is 5.82 Å². The number of hydrogen-bond acceptors (Lipinski definition) is 2. The fourth-order valence-electron chi connectivity index (χ4n) is 1.54. The van der Waals surface area contributed by atoms with Gasteiger partial charge in [-0.3, -0.25) is 0 Å². The van der Waals surface area contributed by atoms with E-state index in [1.54, 1.807) is 6.92 Å². The fraction of sp³-hybridized carbons (Fsp3) is 0.500. The topological polar surface area (TPSA) is 22.1 Å². The molecule has 0 N–H and O–H groups in total. The van der Waals surface area contributed by atoms with Crippen molar-refractivity contribution in [1.29, 1.82) is 0 Å². The summed E-state index contributed by atoms with van der Waals surface area (Å²) in [5.74, 6) is 0.205. The first-order valence-electron chi connectivity index (χ1n) is 4.64. The van der Waals surface area contributed by atoms with Gasteiger partial charge in [0.2, 0.25) is 5.88 Å². The van der Waals surface area contributed by atoms with Crippen LogP contribution in [-0.2, 0) is 6.42 Å². The minimum Gasteiger partial charge on any atom is -0.477 e. The summed E-state index contributed by atoms with van der Waals surface area (Å²) in [7, 11) is 0. The molecule has 2 nitrogen and oxygen atoms in total. The Kier molecular flexibility index (Phi) is 2.59. The van der Waals surface area contributed by atoms with Crippen molar-refractivity contribution in [3.05, 3.63) is 23.1 Å². The fourth-order valence-corrected chi connectivity index (χ4v) is 1.69. The number of alkyl halides is 1. The van der Waals surface area contributed by atoms with E-state index in [1.165, 1.54) is 6.07 Å². The van der Waals surface area contributed by atoms with Crippen LogP contribution < -0.4 is 4.74 Å². The molecule has 0 spiro atoms. The summed E-state index contributed by atoms with van der Waals surface area (Å²) < 4.78 is 18.8. The smallest absolute Gasteiger partial charge is 0.217 e. The highest BCUT2D eigenvalue weighted by molar-refractivity contribution is 6.20. The van der Waals surface area contributed by atoms with E-state index in [2.05, 4.69) is 4.98 Å². The standard InChI is InChI=1S/C10H11ClFNO/c1-6(11)9-8(12)5-7-3-2-4-14-10(7)13-9/h5-6H,2-4H2,1H3. The molecule has 0 aromatic carbocycles. The Morgan fingerprint density at radius 2 is 2.43 bits per heavy atom. The van der Waals surface area contributed by atoms with Crippen molar-refractivity contribution in [1.82, 2.24) is 4.98 Å². The van der Waals surface area contributed by atoms with Crippen LogP contribution in [-0.4, -0.2) is 11.6 Å². The van der Waals surface area contributed by atoms with Gasteiger partial charge in [-0.2, -0.15) is 0 Å². The Labute approximate surface area is 87.1 Å². The minimum atomic E-state index is -0.425. The molecule has 0 aliphatic carbocycles. The number of nitrogens with zero attached hydrogens (tertiary/aromatic N) is 1. The van der Waals surface area contributed by atoms with Gasteiger partial charge in [-0.15, -0.1) is 11.6 Å². The van der Waals surface area contributed by atoms with Gasteiger partial charge in [0.25, 0.3) is 0 Å². The molecule has 1 aliphatic rings. The lowest BCUT2D eigenvalue weighted by molar-refractivity contribution is 0.273. The molecular weight excluding hydrogens is 205 g/mol. The van der Waals surface area contributed by atoms with E-state index in [4.69, 9.17) is 16.3 Å². The van der Waals surface area contributed by atoms with Crippen LogP contribution >= 0.6 is 11.6 Å². The molecule has 1 aromatic rings. The lowest BCUT2D eigenvalue weighted by Crippen LogP contribution is -2.12. The highest BCUT2D eigenvalue weighted by atomic mass is 35.5. The van der Waals surface area contributed by atoms with E-state index in [0.29, 0.717) is 12.5 Å². The van der Waals surface area contributed by atoms with Crippen molar-refractivity contribution in [2.75, 3.05) is 6.61 Å². The summed E-state index contributed by atoms with van der Waals surface area (Å²) in [6, 6.07) is 1.48. The summed E-state index contributed by atoms with van der Waals surface area (Å²) in [5.41, 5.74) is 1.11. The number of pyridine rings is 1. The molecule has 1 atom stereocenters. The van der Waals surface area contributed by atoms with Gasteiger partial charge in [0.15, 0.2) is 0 Å². The van der Waals surface area contributed by atoms with Crippen LogP contribution in [0.3, 0.4) is 0 Å². The van der Waals surface area contributed by atoms with Crippen molar-refractivity contribution in [3.8, 4) is 5.88 Å². The van der Waals surface area contributed by atoms with Crippen molar-refractivity contribution >= 4 is 11.6 Å². The van der Waals surface area contributed by atoms with Crippen LogP contribution in [0.1, 0.15) is 30.0 Å². The first-order chi connectivity index (χ1) is 6.68. The van der Waals surface area contributed by atoms with Gasteiger partial charge in [-0.25, -0.2) is 9.37 Å². The number of fused-ring (bicyclic) bond motifs is 1. The molecule has 0 amide bonds. The van der Waals surface area contributed by atoms with E-state index in [0.717, 1.165) is 18.4 Å². The summed E-state index contributed by atoms with van der Waals surface area (Å²) in [5, 5.41) is -0.425. The average molecular weight is 216 g/mol. The zero-order valence-corrected chi connectivity index (χ0v) is 8.64. The van der Waals surface area contributed by atoms with Gasteiger partial charge in [0.05, 0.1) is 17.7 Å². The zero-order valence-electron chi connectivity index (χ0n) is 7.89. The van der Waals surface area contributed by atoms with Gasteiger partial charge >= 0.3 is 0 Å². The molecule has 76 valence electrons. The third-order valence-corrected chi connectivity index (χ3v) is 2.46. The Bertz CT molecular complexity index is 354. The molecule has 2 rings (SSSR count). The minimum absolute atomic E-state index is 0.271. The number of ether oxygens (including phenoxy) is 1. The Hall–Kier alpha value is -0.830. The van der Waals surface area contributed by atoms with Crippen molar-refractivity contribution in [3.63, 3.8) is 0 Å². The molecular formula is C10H11ClFNO. The van der Waals surface area contributed by atoms with Crippen LogP contribution in [0.2, 0.25) is 0 Å². The largest absolute Gasteiger partial charge is 0.477 e. The second-order valence-corrected chi connectivity index (χ2v) is 4.04. The lowest BCUT2D eigenvalue weighted by Gasteiger charge is -2.17. The van der Waals surface area contributed by atoms with E-state index < -0.39 is 5.38 Å². The summed E-state index contributed by atoms with van der Waals surface area (Å²) in [6.45, 7) is 2.35. The molecule has 2 heterocycles. The summed E-state index contributed by atoms with van der Waals surface area (Å²) >= 11 is 5.79. The van der Waals surface area contributed by atoms with Crippen LogP contribution in [0, 0.1) is 5.82 Å². The predicted molar refractivity (Wildman–Crippen MR) is 52.3 cm³/mol. The third-order valence-electron chi connectivity index (χ3n) is 2.25. The zero-order chi connectivity index (χ0) is 10.1. The Balaban J connectivity index is 2.45. The first-order valence-corrected chi connectivity index (χ1v) is 5.08. The molecule has 0 saturated heterocycles. The number of hydrogen-bond donors (Lipinski definition) is 0. The lowest BCUT2D eigenvalue weighted by atomic mass is 10.1. The summed E-state index contributed by atoms with van der Waals surface area (Å²) in [4.78, 5) is 4.08. The first kappa shape index (κ1) is 9.71. The third kappa shape index (κ3) is 1.69. The SMILES string of the molecule is CC(Cl)c1nc2c(cc1F)CCCO2. The maximum absolute atomic E-state index is 13.4. The molecule has 0 radical (unpaired) electrons. The van der Waals surface area contributed by atoms with E-state index in [-0.39, 0.29) is 11.5 Å². The molecule has 0 fully saturated rings. The van der Waals surface area contributed by atoms with Crippen LogP contribution in [0.5, 0.6) is 5.88 Å². The molecule has 14 heavy (non-hydrogen) atoms. The number of aryl methyl sites for hydroxylation is 1. The quantitative estimate of drug-likeness (QED) is 0.672. The normalized spacial score (nSPS) is 17.1. The van der Waals surface area contributed by atoms with Crippen molar-refractivity contribution in [2.24, 2.45) is 0 Å². The van der Waals surface area contributed by atoms with E-state index in [9.17, 15) is 4.39 Å². The number of rotatable bonds is 1. The second kappa shape index (κ2) is 3.73. The predicted octanol–water partition coefficient (Wildman–Crippen LogP) is 2.85. The van der Waals surface area contributed by atoms with Gasteiger partial charge in [-0.05, 0) is 25.8 Å². The van der Waals surface area contributed by atoms with Crippen LogP contribution in [0.15, 0.2) is 6.07 Å². The Morgan fingerprint density at radius 1 is 1.64 bits per heavy atom. The van der Waals surface area contributed by atoms with Crippen LogP contribution in [0.25, 0.3) is 0 Å². The van der Waals surface area contributed by atoms with Gasteiger partial charge in [-0.1, -0.05) is 0 Å².